The van der Waals surface area contributed by atoms with Crippen molar-refractivity contribution in [3.05, 3.63) is 0 Å². The number of amides is 1. The van der Waals surface area contributed by atoms with E-state index in [0.717, 1.165) is 0 Å². The molecule has 0 bridgehead atoms. The highest BCUT2D eigenvalue weighted by Gasteiger charge is 2.57. The van der Waals surface area contributed by atoms with Crippen molar-refractivity contribution in [3.63, 3.8) is 0 Å². The fourth-order valence-electron chi connectivity index (χ4n) is 1.74. The van der Waals surface area contributed by atoms with E-state index in [1.54, 1.807) is 6.92 Å². The number of hydrogen-bond acceptors (Lipinski definition) is 3. The zero-order valence-electron chi connectivity index (χ0n) is 10.0. The van der Waals surface area contributed by atoms with Crippen molar-refractivity contribution >= 4 is 17.7 Å². The van der Waals surface area contributed by atoms with Crippen LogP contribution in [0.4, 0.5) is 0 Å². The Labute approximate surface area is 95.7 Å². The second kappa shape index (κ2) is 4.31. The van der Waals surface area contributed by atoms with E-state index in [-0.39, 0.29) is 21.7 Å². The summed E-state index contributed by atoms with van der Waals surface area (Å²) in [7, 11) is 0. The largest absolute Gasteiger partial charge is 0.412 e. The van der Waals surface area contributed by atoms with E-state index in [2.05, 4.69) is 33.0 Å². The lowest BCUT2D eigenvalue weighted by Gasteiger charge is -2.58. The zero-order valence-corrected chi connectivity index (χ0v) is 10.9. The number of carbonyl (C=O) groups excluding carboxylic acids is 1. The average Bonchev–Trinajstić information content (AvgIpc) is 2.03. The molecule has 1 aliphatic heterocycles. The summed E-state index contributed by atoms with van der Waals surface area (Å²) in [6.45, 7) is 10.2. The van der Waals surface area contributed by atoms with Gasteiger partial charge in [0.25, 0.3) is 0 Å². The molecule has 0 radical (unpaired) electrons. The molecule has 1 fully saturated rings. The predicted octanol–water partition coefficient (Wildman–Crippen LogP) is 0.298. The van der Waals surface area contributed by atoms with Crippen LogP contribution in [-0.4, -0.2) is 33.0 Å². The molecule has 1 amide bonds. The molecule has 0 aromatic carbocycles. The minimum atomic E-state index is -0.430. The van der Waals surface area contributed by atoms with Gasteiger partial charge in [-0.3, -0.25) is 4.79 Å². The average molecular weight is 234 g/mol. The number of nitrogens with two attached hydrogens (primary N) is 1. The highest BCUT2D eigenvalue weighted by atomic mass is 32.2. The van der Waals surface area contributed by atoms with Crippen molar-refractivity contribution < 1.29 is 10.3 Å². The Morgan fingerprint density at radius 2 is 1.93 bits per heavy atom. The fraction of sp³-hybridized carbons (Fsp3) is 0.900. The Morgan fingerprint density at radius 3 is 2.20 bits per heavy atom. The van der Waals surface area contributed by atoms with Crippen LogP contribution in [0.1, 0.15) is 34.6 Å². The minimum Gasteiger partial charge on any atom is -0.412 e. The summed E-state index contributed by atoms with van der Waals surface area (Å²) in [5.74, 6) is -0.0623. The van der Waals surface area contributed by atoms with Gasteiger partial charge in [-0.25, -0.2) is 0 Å². The maximum absolute atomic E-state index is 11.5. The Hall–Kier alpha value is -0.260. The van der Waals surface area contributed by atoms with E-state index in [4.69, 9.17) is 5.73 Å². The topological polar surface area (TPSA) is 86.6 Å². The highest BCUT2D eigenvalue weighted by molar-refractivity contribution is 8.03. The third kappa shape index (κ3) is 2.29. The maximum Gasteiger partial charge on any atom is 0.237 e. The third-order valence-electron chi connectivity index (χ3n) is 3.33. The van der Waals surface area contributed by atoms with Crippen molar-refractivity contribution in [3.8, 4) is 0 Å². The Kier molecular flexibility index (Phi) is 4.24. The van der Waals surface area contributed by atoms with Gasteiger partial charge in [0.2, 0.25) is 5.91 Å². The van der Waals surface area contributed by atoms with Crippen LogP contribution < -0.4 is 11.1 Å². The van der Waals surface area contributed by atoms with Crippen molar-refractivity contribution in [2.45, 2.75) is 56.2 Å². The summed E-state index contributed by atoms with van der Waals surface area (Å²) in [5.41, 5.74) is 5.40. The van der Waals surface area contributed by atoms with Gasteiger partial charge in [-0.05, 0) is 27.7 Å². The van der Waals surface area contributed by atoms with Gasteiger partial charge >= 0.3 is 0 Å². The molecule has 1 saturated heterocycles. The van der Waals surface area contributed by atoms with Gasteiger partial charge in [0, 0.05) is 10.00 Å². The first kappa shape index (κ1) is 14.7. The molecular formula is C10H22N2O2S. The van der Waals surface area contributed by atoms with Crippen LogP contribution in [0.25, 0.3) is 0 Å². The predicted molar refractivity (Wildman–Crippen MR) is 64.9 cm³/mol. The number of thioether (sulfide) groups is 1. The van der Waals surface area contributed by atoms with Crippen LogP contribution in [0.2, 0.25) is 0 Å². The molecule has 0 saturated carbocycles. The summed E-state index contributed by atoms with van der Waals surface area (Å²) in [6.07, 6.45) is 0. The molecule has 2 unspecified atom stereocenters. The lowest BCUT2D eigenvalue weighted by atomic mass is 9.82. The van der Waals surface area contributed by atoms with Gasteiger partial charge in [-0.2, -0.15) is 0 Å². The van der Waals surface area contributed by atoms with E-state index in [9.17, 15) is 4.79 Å². The summed E-state index contributed by atoms with van der Waals surface area (Å²) in [4.78, 5) is 11.5. The summed E-state index contributed by atoms with van der Waals surface area (Å²) in [6, 6.07) is -0.430. The monoisotopic (exact) mass is 234 g/mol. The molecule has 5 N–H and O–H groups in total. The van der Waals surface area contributed by atoms with Crippen LogP contribution in [-0.2, 0) is 4.79 Å². The number of rotatable bonds is 2. The highest BCUT2D eigenvalue weighted by Crippen LogP contribution is 2.54. The molecule has 15 heavy (non-hydrogen) atoms. The zero-order chi connectivity index (χ0) is 11.1. The van der Waals surface area contributed by atoms with E-state index in [1.165, 1.54) is 0 Å². The maximum atomic E-state index is 11.5. The van der Waals surface area contributed by atoms with Gasteiger partial charge in [0.15, 0.2) is 0 Å². The second-order valence-corrected chi connectivity index (χ2v) is 6.71. The smallest absolute Gasteiger partial charge is 0.237 e. The molecule has 90 valence electrons. The molecule has 0 aromatic rings. The molecule has 0 aliphatic carbocycles. The van der Waals surface area contributed by atoms with Gasteiger partial charge in [-0.1, -0.05) is 6.92 Å². The lowest BCUT2D eigenvalue weighted by Crippen LogP contribution is -2.72. The van der Waals surface area contributed by atoms with Crippen LogP contribution in [0.15, 0.2) is 0 Å². The minimum absolute atomic E-state index is 0. The van der Waals surface area contributed by atoms with Crippen LogP contribution in [0.3, 0.4) is 0 Å². The summed E-state index contributed by atoms with van der Waals surface area (Å²) in [5, 5.41) is 3.49. The van der Waals surface area contributed by atoms with Crippen LogP contribution >= 0.6 is 11.8 Å². The first-order valence-electron chi connectivity index (χ1n) is 4.96. The first-order chi connectivity index (χ1) is 6.21. The van der Waals surface area contributed by atoms with Crippen molar-refractivity contribution in [1.29, 1.82) is 0 Å². The van der Waals surface area contributed by atoms with E-state index in [1.807, 2.05) is 11.8 Å². The van der Waals surface area contributed by atoms with Crippen molar-refractivity contribution in [1.82, 2.24) is 5.32 Å². The molecule has 0 spiro atoms. The third-order valence-corrected chi connectivity index (χ3v) is 5.17. The molecule has 0 aromatic heterocycles. The van der Waals surface area contributed by atoms with Crippen LogP contribution in [0.5, 0.6) is 0 Å². The molecule has 5 heteroatoms. The van der Waals surface area contributed by atoms with Gasteiger partial charge in [0.05, 0.1) is 11.6 Å². The molecular weight excluding hydrogens is 212 g/mol. The quantitative estimate of drug-likeness (QED) is 0.720. The normalized spacial score (nSPS) is 34.7. The first-order valence-corrected chi connectivity index (χ1v) is 5.84. The standard InChI is InChI=1S/C10H20N2OS.H2O/c1-6(11)8(13)12-10(5)7(2)14-9(10,3)4;/h6-7H,11H2,1-5H3,(H,12,13);1H2/t6-,7?,10?;/m1./s1. The van der Waals surface area contributed by atoms with Gasteiger partial charge in [-0.15, -0.1) is 11.8 Å². The Bertz CT molecular complexity index is 256. The van der Waals surface area contributed by atoms with E-state index < -0.39 is 6.04 Å². The SMILES string of the molecule is CC1SC(C)(C)C1(C)NC(=O)[C@@H](C)N.O. The van der Waals surface area contributed by atoms with Crippen LogP contribution in [0, 0.1) is 0 Å². The van der Waals surface area contributed by atoms with Gasteiger partial charge in [0.1, 0.15) is 0 Å². The Balaban J connectivity index is 0.00000196. The molecule has 1 aliphatic rings. The van der Waals surface area contributed by atoms with Crippen molar-refractivity contribution in [2.75, 3.05) is 0 Å². The molecule has 4 nitrogen and oxygen atoms in total. The summed E-state index contributed by atoms with van der Waals surface area (Å²) >= 11 is 1.89. The number of hydrogen-bond donors (Lipinski definition) is 2. The number of nitrogens with one attached hydrogen (secondary N) is 1. The molecule has 1 heterocycles. The fourth-order valence-corrected chi connectivity index (χ4v) is 3.50. The molecule has 3 atom stereocenters. The van der Waals surface area contributed by atoms with Gasteiger partial charge < -0.3 is 16.5 Å². The van der Waals surface area contributed by atoms with E-state index >= 15 is 0 Å². The second-order valence-electron chi connectivity index (χ2n) is 4.75. The van der Waals surface area contributed by atoms with Crippen molar-refractivity contribution in [2.24, 2.45) is 5.73 Å². The summed E-state index contributed by atoms with van der Waals surface area (Å²) < 4.78 is 0.0942. The number of carbonyl (C=O) groups is 1. The molecule has 1 rings (SSSR count). The lowest BCUT2D eigenvalue weighted by molar-refractivity contribution is -0.124. The van der Waals surface area contributed by atoms with E-state index in [0.29, 0.717) is 5.25 Å². The Morgan fingerprint density at radius 1 is 1.47 bits per heavy atom.